The summed E-state index contributed by atoms with van der Waals surface area (Å²) in [5, 5.41) is 0. The molecule has 0 aliphatic heterocycles. The molecule has 176 valence electrons. The van der Waals surface area contributed by atoms with Crippen molar-refractivity contribution in [3.63, 3.8) is 0 Å². The molecule has 0 unspecified atom stereocenters. The molecule has 1 fully saturated rings. The number of allylic oxidation sites excluding steroid dienone is 1. The molecule has 8 heteroatoms. The SMILES string of the molecule is C[C@@H](OC(=O)[C@@H]1[C@H](C=CC(=O)OCC(F)(F)F)C1(C)C)c1cccc(Oc2ccccc2)c1. The summed E-state index contributed by atoms with van der Waals surface area (Å²) in [6.07, 6.45) is -2.80. The second-order valence-electron chi connectivity index (χ2n) is 8.47. The number of hydrogen-bond acceptors (Lipinski definition) is 5. The average Bonchev–Trinajstić information content (AvgIpc) is 3.31. The predicted molar refractivity (Wildman–Crippen MR) is 114 cm³/mol. The van der Waals surface area contributed by atoms with E-state index < -0.39 is 42.2 Å². The highest BCUT2D eigenvalue weighted by molar-refractivity contribution is 5.83. The fourth-order valence-electron chi connectivity index (χ4n) is 3.64. The van der Waals surface area contributed by atoms with Crippen LogP contribution < -0.4 is 4.74 Å². The molecule has 33 heavy (non-hydrogen) atoms. The Morgan fingerprint density at radius 2 is 1.73 bits per heavy atom. The minimum absolute atomic E-state index is 0.344. The fourth-order valence-corrected chi connectivity index (χ4v) is 3.64. The van der Waals surface area contributed by atoms with Gasteiger partial charge in [0.05, 0.1) is 5.92 Å². The molecule has 0 bridgehead atoms. The maximum Gasteiger partial charge on any atom is 0.422 e. The molecule has 0 spiro atoms. The van der Waals surface area contributed by atoms with Crippen molar-refractivity contribution in [2.45, 2.75) is 33.1 Å². The number of esters is 2. The standard InChI is InChI=1S/C25H25F3O5/c1-16(17-8-7-11-19(14-17)33-18-9-5-4-6-10-18)32-23(30)22-20(24(22,2)3)12-13-21(29)31-15-25(26,27)28/h4-14,16,20,22H,15H2,1-3H3/t16-,20+,22+/m1/s1. The van der Waals surface area contributed by atoms with Crippen LogP contribution in [0.15, 0.2) is 66.7 Å². The van der Waals surface area contributed by atoms with Crippen LogP contribution in [0.5, 0.6) is 11.5 Å². The Hall–Kier alpha value is -3.29. The predicted octanol–water partition coefficient (Wildman–Crippen LogP) is 6.02. The molecule has 0 amide bonds. The van der Waals surface area contributed by atoms with Gasteiger partial charge in [0.2, 0.25) is 0 Å². The van der Waals surface area contributed by atoms with Crippen molar-refractivity contribution < 1.29 is 37.0 Å². The van der Waals surface area contributed by atoms with Gasteiger partial charge in [-0.05, 0) is 48.1 Å². The first kappa shape index (κ1) is 24.4. The Morgan fingerprint density at radius 3 is 2.39 bits per heavy atom. The molecule has 3 atom stereocenters. The number of carbonyl (C=O) groups is 2. The minimum Gasteiger partial charge on any atom is -0.458 e. The lowest BCUT2D eigenvalue weighted by Gasteiger charge is -2.15. The van der Waals surface area contributed by atoms with Gasteiger partial charge < -0.3 is 14.2 Å². The van der Waals surface area contributed by atoms with Crippen LogP contribution in [0.1, 0.15) is 32.4 Å². The summed E-state index contributed by atoms with van der Waals surface area (Å²) in [6, 6.07) is 16.5. The summed E-state index contributed by atoms with van der Waals surface area (Å²) in [6.45, 7) is 3.75. The lowest BCUT2D eigenvalue weighted by molar-refractivity contribution is -0.182. The van der Waals surface area contributed by atoms with Gasteiger partial charge in [-0.25, -0.2) is 4.79 Å². The Balaban J connectivity index is 1.57. The van der Waals surface area contributed by atoms with E-state index in [1.165, 1.54) is 6.08 Å². The smallest absolute Gasteiger partial charge is 0.422 e. The molecule has 5 nitrogen and oxygen atoms in total. The summed E-state index contributed by atoms with van der Waals surface area (Å²) in [5.41, 5.74) is 0.258. The average molecular weight is 462 g/mol. The molecule has 2 aromatic carbocycles. The van der Waals surface area contributed by atoms with Gasteiger partial charge >= 0.3 is 18.1 Å². The van der Waals surface area contributed by atoms with Crippen LogP contribution in [0.2, 0.25) is 0 Å². The van der Waals surface area contributed by atoms with Crippen LogP contribution >= 0.6 is 0 Å². The third-order valence-electron chi connectivity index (χ3n) is 5.58. The fraction of sp³-hybridized carbons (Fsp3) is 0.360. The van der Waals surface area contributed by atoms with Gasteiger partial charge in [-0.1, -0.05) is 50.3 Å². The van der Waals surface area contributed by atoms with Crippen molar-refractivity contribution in [3.8, 4) is 11.5 Å². The normalized spacial score (nSPS) is 20.2. The van der Waals surface area contributed by atoms with Crippen molar-refractivity contribution in [2.75, 3.05) is 6.61 Å². The molecule has 1 aliphatic rings. The van der Waals surface area contributed by atoms with Gasteiger partial charge in [-0.3, -0.25) is 4.79 Å². The zero-order valence-corrected chi connectivity index (χ0v) is 18.5. The molecule has 1 saturated carbocycles. The number of rotatable bonds is 8. The second-order valence-corrected chi connectivity index (χ2v) is 8.47. The summed E-state index contributed by atoms with van der Waals surface area (Å²) in [7, 11) is 0. The lowest BCUT2D eigenvalue weighted by atomic mass is 10.1. The van der Waals surface area contributed by atoms with E-state index in [2.05, 4.69) is 4.74 Å². The van der Waals surface area contributed by atoms with E-state index in [1.54, 1.807) is 25.1 Å². The minimum atomic E-state index is -4.59. The highest BCUT2D eigenvalue weighted by Crippen LogP contribution is 2.59. The number of benzene rings is 2. The van der Waals surface area contributed by atoms with Crippen LogP contribution in [0, 0.1) is 17.3 Å². The molecular formula is C25H25F3O5. The number of carbonyl (C=O) groups excluding carboxylic acids is 2. The van der Waals surface area contributed by atoms with Crippen LogP contribution in [0.25, 0.3) is 0 Å². The zero-order chi connectivity index (χ0) is 24.2. The molecule has 0 radical (unpaired) electrons. The second kappa shape index (κ2) is 9.68. The number of halogens is 3. The summed E-state index contributed by atoms with van der Waals surface area (Å²) in [4.78, 5) is 24.2. The number of alkyl halides is 3. The molecule has 1 aliphatic carbocycles. The topological polar surface area (TPSA) is 61.8 Å². The van der Waals surface area contributed by atoms with E-state index in [0.717, 1.165) is 11.6 Å². The Labute approximate surface area is 190 Å². The van der Waals surface area contributed by atoms with E-state index in [4.69, 9.17) is 9.47 Å². The first-order chi connectivity index (χ1) is 15.5. The molecule has 0 saturated heterocycles. The highest BCUT2D eigenvalue weighted by atomic mass is 19.4. The third kappa shape index (κ3) is 6.60. The molecule has 0 N–H and O–H groups in total. The summed E-state index contributed by atoms with van der Waals surface area (Å²) >= 11 is 0. The van der Waals surface area contributed by atoms with Crippen molar-refractivity contribution in [3.05, 3.63) is 72.3 Å². The summed E-state index contributed by atoms with van der Waals surface area (Å²) in [5.74, 6) is -1.13. The zero-order valence-electron chi connectivity index (χ0n) is 18.5. The van der Waals surface area contributed by atoms with E-state index in [9.17, 15) is 22.8 Å². The van der Waals surface area contributed by atoms with Gasteiger partial charge in [0.15, 0.2) is 6.61 Å². The van der Waals surface area contributed by atoms with Crippen LogP contribution in [0.4, 0.5) is 13.2 Å². The molecule has 0 aromatic heterocycles. The van der Waals surface area contributed by atoms with Gasteiger partial charge in [0.1, 0.15) is 17.6 Å². The molecule has 0 heterocycles. The van der Waals surface area contributed by atoms with E-state index in [1.807, 2.05) is 50.2 Å². The molecule has 3 rings (SSSR count). The van der Waals surface area contributed by atoms with Gasteiger partial charge in [-0.2, -0.15) is 13.2 Å². The van der Waals surface area contributed by atoms with Crippen molar-refractivity contribution in [1.82, 2.24) is 0 Å². The van der Waals surface area contributed by atoms with E-state index >= 15 is 0 Å². The third-order valence-corrected chi connectivity index (χ3v) is 5.58. The van der Waals surface area contributed by atoms with E-state index in [0.29, 0.717) is 11.5 Å². The Bertz CT molecular complexity index is 1010. The van der Waals surface area contributed by atoms with Crippen molar-refractivity contribution >= 4 is 11.9 Å². The maximum atomic E-state index is 12.7. The van der Waals surface area contributed by atoms with Crippen molar-refractivity contribution in [1.29, 1.82) is 0 Å². The van der Waals surface area contributed by atoms with Crippen LogP contribution in [-0.2, 0) is 19.1 Å². The number of para-hydroxylation sites is 1. The van der Waals surface area contributed by atoms with Crippen LogP contribution in [0.3, 0.4) is 0 Å². The molecule has 2 aromatic rings. The highest BCUT2D eigenvalue weighted by Gasteiger charge is 2.61. The monoisotopic (exact) mass is 462 g/mol. The quantitative estimate of drug-likeness (QED) is 0.355. The van der Waals surface area contributed by atoms with Crippen molar-refractivity contribution in [2.24, 2.45) is 17.3 Å². The lowest BCUT2D eigenvalue weighted by Crippen LogP contribution is -2.19. The first-order valence-corrected chi connectivity index (χ1v) is 10.4. The van der Waals surface area contributed by atoms with Gasteiger partial charge in [-0.15, -0.1) is 0 Å². The number of ether oxygens (including phenoxy) is 3. The van der Waals surface area contributed by atoms with Gasteiger partial charge in [0, 0.05) is 6.08 Å². The Morgan fingerprint density at radius 1 is 1.06 bits per heavy atom. The largest absolute Gasteiger partial charge is 0.458 e. The van der Waals surface area contributed by atoms with Crippen LogP contribution in [-0.4, -0.2) is 24.7 Å². The van der Waals surface area contributed by atoms with Gasteiger partial charge in [0.25, 0.3) is 0 Å². The van der Waals surface area contributed by atoms with E-state index in [-0.39, 0.29) is 5.92 Å². The first-order valence-electron chi connectivity index (χ1n) is 10.4. The summed E-state index contributed by atoms with van der Waals surface area (Å²) < 4.78 is 52.0. The maximum absolute atomic E-state index is 12.7. The number of hydrogen-bond donors (Lipinski definition) is 0. The molecular weight excluding hydrogens is 437 g/mol. The Kier molecular flexibility index (Phi) is 7.15.